The zero-order chi connectivity index (χ0) is 18.5. The summed E-state index contributed by atoms with van der Waals surface area (Å²) in [4.78, 5) is 14.8. The lowest BCUT2D eigenvalue weighted by molar-refractivity contribution is 0.0926. The highest BCUT2D eigenvalue weighted by atomic mass is 16.5. The van der Waals surface area contributed by atoms with Crippen LogP contribution in [0, 0.1) is 12.8 Å². The van der Waals surface area contributed by atoms with E-state index in [2.05, 4.69) is 27.4 Å². The van der Waals surface area contributed by atoms with Crippen LogP contribution < -0.4 is 10.1 Å². The van der Waals surface area contributed by atoms with Gasteiger partial charge in [0.05, 0.1) is 12.8 Å². The van der Waals surface area contributed by atoms with Crippen LogP contribution in [0.1, 0.15) is 34.6 Å². The minimum Gasteiger partial charge on any atom is -0.497 e. The standard InChI is InChI=1S/C20H28N4O2/c1-15-12-19(23(2)22-15)20(25)21-13-16-8-10-24(11-9-16)14-17-4-6-18(26-3)7-5-17/h4-7,12,16H,8-11,13-14H2,1-3H3,(H,21,25). The number of rotatable bonds is 6. The number of methoxy groups -OCH3 is 1. The molecule has 2 heterocycles. The lowest BCUT2D eigenvalue weighted by Gasteiger charge is -2.32. The molecule has 2 aromatic rings. The largest absolute Gasteiger partial charge is 0.497 e. The van der Waals surface area contributed by atoms with Crippen molar-refractivity contribution in [1.82, 2.24) is 20.0 Å². The van der Waals surface area contributed by atoms with Gasteiger partial charge in [0.2, 0.25) is 0 Å². The second kappa shape index (κ2) is 8.36. The van der Waals surface area contributed by atoms with E-state index in [0.717, 1.165) is 50.5 Å². The van der Waals surface area contributed by atoms with Gasteiger partial charge < -0.3 is 10.1 Å². The first-order valence-corrected chi connectivity index (χ1v) is 9.19. The number of ether oxygens (including phenoxy) is 1. The summed E-state index contributed by atoms with van der Waals surface area (Å²) in [5.74, 6) is 1.40. The van der Waals surface area contributed by atoms with Crippen molar-refractivity contribution < 1.29 is 9.53 Å². The number of piperidine rings is 1. The number of hydrogen-bond donors (Lipinski definition) is 1. The number of likely N-dealkylation sites (tertiary alicyclic amines) is 1. The first-order valence-electron chi connectivity index (χ1n) is 9.19. The predicted molar refractivity (Wildman–Crippen MR) is 101 cm³/mol. The maximum Gasteiger partial charge on any atom is 0.269 e. The zero-order valence-corrected chi connectivity index (χ0v) is 15.9. The molecule has 26 heavy (non-hydrogen) atoms. The molecule has 1 aliphatic rings. The molecule has 1 aromatic heterocycles. The molecule has 6 nitrogen and oxygen atoms in total. The Balaban J connectivity index is 1.42. The fourth-order valence-electron chi connectivity index (χ4n) is 3.49. The highest BCUT2D eigenvalue weighted by Crippen LogP contribution is 2.20. The van der Waals surface area contributed by atoms with Gasteiger partial charge in [-0.3, -0.25) is 14.4 Å². The molecule has 1 N–H and O–H groups in total. The third-order valence-electron chi connectivity index (χ3n) is 5.06. The lowest BCUT2D eigenvalue weighted by Crippen LogP contribution is -2.38. The van der Waals surface area contributed by atoms with E-state index in [1.807, 2.05) is 25.1 Å². The van der Waals surface area contributed by atoms with Crippen molar-refractivity contribution in [3.8, 4) is 5.75 Å². The number of aromatic nitrogens is 2. The number of benzene rings is 1. The van der Waals surface area contributed by atoms with Crippen molar-refractivity contribution in [1.29, 1.82) is 0 Å². The van der Waals surface area contributed by atoms with Gasteiger partial charge in [-0.25, -0.2) is 0 Å². The van der Waals surface area contributed by atoms with Crippen LogP contribution in [0.4, 0.5) is 0 Å². The minimum atomic E-state index is -0.0336. The van der Waals surface area contributed by atoms with E-state index in [0.29, 0.717) is 11.6 Å². The molecule has 1 fully saturated rings. The summed E-state index contributed by atoms with van der Waals surface area (Å²) >= 11 is 0. The molecule has 0 aliphatic carbocycles. The molecule has 0 radical (unpaired) electrons. The molecule has 6 heteroatoms. The Morgan fingerprint density at radius 1 is 1.27 bits per heavy atom. The first kappa shape index (κ1) is 18.5. The Kier molecular flexibility index (Phi) is 5.93. The van der Waals surface area contributed by atoms with Crippen molar-refractivity contribution in [3.63, 3.8) is 0 Å². The van der Waals surface area contributed by atoms with E-state index in [1.54, 1.807) is 18.8 Å². The van der Waals surface area contributed by atoms with E-state index in [9.17, 15) is 4.79 Å². The molecule has 0 spiro atoms. The summed E-state index contributed by atoms with van der Waals surface area (Å²) in [5.41, 5.74) is 2.80. The molecule has 1 aromatic carbocycles. The SMILES string of the molecule is COc1ccc(CN2CCC(CNC(=O)c3cc(C)nn3C)CC2)cc1. The number of amides is 1. The summed E-state index contributed by atoms with van der Waals surface area (Å²) in [6.45, 7) is 5.74. The van der Waals surface area contributed by atoms with Crippen LogP contribution in [0.5, 0.6) is 5.75 Å². The number of aryl methyl sites for hydroxylation is 2. The molecule has 0 saturated carbocycles. The quantitative estimate of drug-likeness (QED) is 0.863. The molecule has 1 amide bonds. The number of carbonyl (C=O) groups is 1. The Morgan fingerprint density at radius 2 is 1.96 bits per heavy atom. The third kappa shape index (κ3) is 4.64. The fourth-order valence-corrected chi connectivity index (χ4v) is 3.49. The molecule has 3 rings (SSSR count). The van der Waals surface area contributed by atoms with Gasteiger partial charge in [0.1, 0.15) is 11.4 Å². The molecule has 0 bridgehead atoms. The van der Waals surface area contributed by atoms with Gasteiger partial charge in [-0.1, -0.05) is 12.1 Å². The van der Waals surface area contributed by atoms with E-state index in [4.69, 9.17) is 4.74 Å². The Bertz CT molecular complexity index is 731. The van der Waals surface area contributed by atoms with Crippen LogP contribution in [0.15, 0.2) is 30.3 Å². The van der Waals surface area contributed by atoms with E-state index >= 15 is 0 Å². The molecule has 1 aliphatic heterocycles. The van der Waals surface area contributed by atoms with Gasteiger partial charge in [-0.2, -0.15) is 5.10 Å². The maximum absolute atomic E-state index is 12.3. The highest BCUT2D eigenvalue weighted by molar-refractivity contribution is 5.92. The van der Waals surface area contributed by atoms with Crippen LogP contribution in [-0.2, 0) is 13.6 Å². The maximum atomic E-state index is 12.3. The Hall–Kier alpha value is -2.34. The van der Waals surface area contributed by atoms with E-state index in [-0.39, 0.29) is 5.91 Å². The van der Waals surface area contributed by atoms with Gasteiger partial charge in [0.15, 0.2) is 0 Å². The topological polar surface area (TPSA) is 59.4 Å². The number of nitrogens with zero attached hydrogens (tertiary/aromatic N) is 3. The lowest BCUT2D eigenvalue weighted by atomic mass is 9.96. The normalized spacial score (nSPS) is 15.8. The van der Waals surface area contributed by atoms with Crippen molar-refractivity contribution in [2.45, 2.75) is 26.3 Å². The second-order valence-corrected chi connectivity index (χ2v) is 7.07. The number of carbonyl (C=O) groups excluding carboxylic acids is 1. The molecular formula is C20H28N4O2. The van der Waals surface area contributed by atoms with Crippen molar-refractivity contribution in [2.24, 2.45) is 13.0 Å². The zero-order valence-electron chi connectivity index (χ0n) is 15.9. The Labute approximate surface area is 155 Å². The predicted octanol–water partition coefficient (Wildman–Crippen LogP) is 2.38. The summed E-state index contributed by atoms with van der Waals surface area (Å²) in [6, 6.07) is 10.1. The van der Waals surface area contributed by atoms with Crippen molar-refractivity contribution in [3.05, 3.63) is 47.3 Å². The van der Waals surface area contributed by atoms with Gasteiger partial charge in [-0.15, -0.1) is 0 Å². The highest BCUT2D eigenvalue weighted by Gasteiger charge is 2.20. The average Bonchev–Trinajstić information content (AvgIpc) is 3.00. The average molecular weight is 356 g/mol. The molecule has 140 valence electrons. The van der Waals surface area contributed by atoms with Gasteiger partial charge >= 0.3 is 0 Å². The van der Waals surface area contributed by atoms with Gasteiger partial charge in [0, 0.05) is 20.1 Å². The molecule has 0 unspecified atom stereocenters. The molecule has 1 saturated heterocycles. The van der Waals surface area contributed by atoms with Gasteiger partial charge in [0.25, 0.3) is 5.91 Å². The van der Waals surface area contributed by atoms with Crippen molar-refractivity contribution in [2.75, 3.05) is 26.7 Å². The van der Waals surface area contributed by atoms with E-state index < -0.39 is 0 Å². The van der Waals surface area contributed by atoms with E-state index in [1.165, 1.54) is 5.56 Å². The van der Waals surface area contributed by atoms with Crippen LogP contribution in [0.2, 0.25) is 0 Å². The summed E-state index contributed by atoms with van der Waals surface area (Å²) < 4.78 is 6.85. The summed E-state index contributed by atoms with van der Waals surface area (Å²) in [7, 11) is 3.49. The first-order chi connectivity index (χ1) is 12.5. The fraction of sp³-hybridized carbons (Fsp3) is 0.500. The smallest absolute Gasteiger partial charge is 0.269 e. The number of hydrogen-bond acceptors (Lipinski definition) is 4. The summed E-state index contributed by atoms with van der Waals surface area (Å²) in [6.07, 6.45) is 2.22. The monoisotopic (exact) mass is 356 g/mol. The van der Waals surface area contributed by atoms with Gasteiger partial charge in [-0.05, 0) is 62.5 Å². The van der Waals surface area contributed by atoms with Crippen LogP contribution in [0.3, 0.4) is 0 Å². The molecule has 0 atom stereocenters. The van der Waals surface area contributed by atoms with Crippen LogP contribution >= 0.6 is 0 Å². The summed E-state index contributed by atoms with van der Waals surface area (Å²) in [5, 5.41) is 7.30. The second-order valence-electron chi connectivity index (χ2n) is 7.07. The Morgan fingerprint density at radius 3 is 2.54 bits per heavy atom. The third-order valence-corrected chi connectivity index (χ3v) is 5.06. The number of nitrogens with one attached hydrogen (secondary N) is 1. The van der Waals surface area contributed by atoms with Crippen LogP contribution in [0.25, 0.3) is 0 Å². The molecular weight excluding hydrogens is 328 g/mol. The van der Waals surface area contributed by atoms with Crippen molar-refractivity contribution >= 4 is 5.91 Å². The minimum absolute atomic E-state index is 0.0336. The van der Waals surface area contributed by atoms with Crippen LogP contribution in [-0.4, -0.2) is 47.3 Å².